The van der Waals surface area contributed by atoms with Gasteiger partial charge in [-0.25, -0.2) is 0 Å². The van der Waals surface area contributed by atoms with Crippen molar-refractivity contribution in [3.8, 4) is 6.07 Å². The van der Waals surface area contributed by atoms with E-state index in [1.165, 1.54) is 12.8 Å². The zero-order valence-electron chi connectivity index (χ0n) is 9.37. The lowest BCUT2D eigenvalue weighted by atomic mass is 9.99. The Morgan fingerprint density at radius 2 is 2.31 bits per heavy atom. The average molecular weight is 215 g/mol. The summed E-state index contributed by atoms with van der Waals surface area (Å²) in [4.78, 5) is 0. The summed E-state index contributed by atoms with van der Waals surface area (Å²) < 4.78 is 0. The van der Waals surface area contributed by atoms with Gasteiger partial charge in [-0.05, 0) is 44.0 Å². The number of rotatable bonds is 3. The maximum atomic E-state index is 8.95. The fourth-order valence-electron chi connectivity index (χ4n) is 2.09. The highest BCUT2D eigenvalue weighted by molar-refractivity contribution is 5.57. The van der Waals surface area contributed by atoms with Gasteiger partial charge >= 0.3 is 0 Å². The minimum absolute atomic E-state index is 0.681. The number of para-hydroxylation sites is 1. The summed E-state index contributed by atoms with van der Waals surface area (Å²) in [5.74, 6) is 0.681. The number of hydrogen-bond donors (Lipinski definition) is 2. The number of nitrogens with one attached hydrogen (secondary N) is 2. The SMILES string of the molecule is N#Cc1ccccc1NCC1CCCNC1. The van der Waals surface area contributed by atoms with Crippen LogP contribution in [0.2, 0.25) is 0 Å². The molecule has 0 spiro atoms. The third-order valence-electron chi connectivity index (χ3n) is 3.03. The zero-order chi connectivity index (χ0) is 11.2. The van der Waals surface area contributed by atoms with Crippen molar-refractivity contribution in [3.05, 3.63) is 29.8 Å². The van der Waals surface area contributed by atoms with E-state index in [1.54, 1.807) is 0 Å². The third kappa shape index (κ3) is 2.74. The molecule has 3 heteroatoms. The van der Waals surface area contributed by atoms with Gasteiger partial charge in [0.1, 0.15) is 6.07 Å². The van der Waals surface area contributed by atoms with E-state index < -0.39 is 0 Å². The largest absolute Gasteiger partial charge is 0.384 e. The van der Waals surface area contributed by atoms with Crippen LogP contribution in [0.15, 0.2) is 24.3 Å². The molecule has 0 amide bonds. The van der Waals surface area contributed by atoms with Crippen molar-refractivity contribution in [1.82, 2.24) is 5.32 Å². The summed E-state index contributed by atoms with van der Waals surface area (Å²) in [6.07, 6.45) is 2.53. The quantitative estimate of drug-likeness (QED) is 0.810. The molecule has 1 aromatic rings. The highest BCUT2D eigenvalue weighted by Crippen LogP contribution is 2.16. The smallest absolute Gasteiger partial charge is 0.101 e. The Kier molecular flexibility index (Phi) is 3.79. The maximum Gasteiger partial charge on any atom is 0.101 e. The molecule has 1 aliphatic heterocycles. The molecule has 1 aromatic carbocycles. The monoisotopic (exact) mass is 215 g/mol. The number of piperidine rings is 1. The first-order valence-electron chi connectivity index (χ1n) is 5.84. The van der Waals surface area contributed by atoms with Gasteiger partial charge in [0, 0.05) is 6.54 Å². The van der Waals surface area contributed by atoms with Crippen molar-refractivity contribution in [1.29, 1.82) is 5.26 Å². The van der Waals surface area contributed by atoms with Crippen LogP contribution in [0, 0.1) is 17.2 Å². The molecule has 84 valence electrons. The van der Waals surface area contributed by atoms with Gasteiger partial charge in [0.05, 0.1) is 11.3 Å². The molecular weight excluding hydrogens is 198 g/mol. The number of benzene rings is 1. The van der Waals surface area contributed by atoms with Gasteiger partial charge in [-0.1, -0.05) is 12.1 Å². The first kappa shape index (κ1) is 11.0. The predicted octanol–water partition coefficient (Wildman–Crippen LogP) is 1.97. The normalized spacial score (nSPS) is 20.1. The molecular formula is C13H17N3. The molecule has 0 aliphatic carbocycles. The molecule has 2 rings (SSSR count). The first-order chi connectivity index (χ1) is 7.90. The maximum absolute atomic E-state index is 8.95. The molecule has 1 fully saturated rings. The van der Waals surface area contributed by atoms with Gasteiger partial charge in [-0.2, -0.15) is 5.26 Å². The molecule has 1 heterocycles. The Morgan fingerprint density at radius 3 is 3.06 bits per heavy atom. The Balaban J connectivity index is 1.91. The second-order valence-electron chi connectivity index (χ2n) is 4.25. The van der Waals surface area contributed by atoms with E-state index in [0.29, 0.717) is 5.92 Å². The second-order valence-corrected chi connectivity index (χ2v) is 4.25. The van der Waals surface area contributed by atoms with Crippen molar-refractivity contribution in [2.75, 3.05) is 25.0 Å². The van der Waals surface area contributed by atoms with Crippen LogP contribution in [0.25, 0.3) is 0 Å². The molecule has 3 nitrogen and oxygen atoms in total. The highest BCUT2D eigenvalue weighted by atomic mass is 14.9. The van der Waals surface area contributed by atoms with Crippen molar-refractivity contribution < 1.29 is 0 Å². The lowest BCUT2D eigenvalue weighted by Crippen LogP contribution is -2.33. The summed E-state index contributed by atoms with van der Waals surface area (Å²) in [6.45, 7) is 3.18. The fourth-order valence-corrected chi connectivity index (χ4v) is 2.09. The average Bonchev–Trinajstić information content (AvgIpc) is 2.38. The molecule has 1 aliphatic rings. The van der Waals surface area contributed by atoms with Crippen LogP contribution in [-0.4, -0.2) is 19.6 Å². The number of hydrogen-bond acceptors (Lipinski definition) is 3. The lowest BCUT2D eigenvalue weighted by molar-refractivity contribution is 0.393. The van der Waals surface area contributed by atoms with E-state index in [0.717, 1.165) is 30.9 Å². The second kappa shape index (κ2) is 5.53. The molecule has 0 radical (unpaired) electrons. The van der Waals surface area contributed by atoms with E-state index >= 15 is 0 Å². The van der Waals surface area contributed by atoms with E-state index in [4.69, 9.17) is 5.26 Å². The Labute approximate surface area is 96.5 Å². The van der Waals surface area contributed by atoms with Gasteiger partial charge in [0.25, 0.3) is 0 Å². The minimum atomic E-state index is 0.681. The van der Waals surface area contributed by atoms with Gasteiger partial charge in [0.15, 0.2) is 0 Å². The predicted molar refractivity (Wildman–Crippen MR) is 65.2 cm³/mol. The standard InChI is InChI=1S/C13H17N3/c14-8-12-5-1-2-6-13(12)16-10-11-4-3-7-15-9-11/h1-2,5-6,11,15-16H,3-4,7,9-10H2. The lowest BCUT2D eigenvalue weighted by Gasteiger charge is -2.23. The van der Waals surface area contributed by atoms with E-state index in [9.17, 15) is 0 Å². The molecule has 1 saturated heterocycles. The minimum Gasteiger partial charge on any atom is -0.384 e. The number of anilines is 1. The molecule has 1 atom stereocenters. The molecule has 0 aromatic heterocycles. The van der Waals surface area contributed by atoms with Crippen molar-refractivity contribution in [2.24, 2.45) is 5.92 Å². The Morgan fingerprint density at radius 1 is 1.44 bits per heavy atom. The van der Waals surface area contributed by atoms with Crippen LogP contribution in [0.5, 0.6) is 0 Å². The van der Waals surface area contributed by atoms with Crippen molar-refractivity contribution in [2.45, 2.75) is 12.8 Å². The molecule has 0 bridgehead atoms. The fraction of sp³-hybridized carbons (Fsp3) is 0.462. The van der Waals surface area contributed by atoms with Crippen LogP contribution in [0.3, 0.4) is 0 Å². The zero-order valence-corrected chi connectivity index (χ0v) is 9.37. The summed E-state index contributed by atoms with van der Waals surface area (Å²) in [5, 5.41) is 15.7. The number of nitriles is 1. The van der Waals surface area contributed by atoms with Gasteiger partial charge in [0.2, 0.25) is 0 Å². The van der Waals surface area contributed by atoms with E-state index in [2.05, 4.69) is 16.7 Å². The summed E-state index contributed by atoms with van der Waals surface area (Å²) in [7, 11) is 0. The first-order valence-corrected chi connectivity index (χ1v) is 5.84. The van der Waals surface area contributed by atoms with Crippen LogP contribution in [0.1, 0.15) is 18.4 Å². The molecule has 16 heavy (non-hydrogen) atoms. The Bertz CT molecular complexity index is 375. The van der Waals surface area contributed by atoms with Crippen LogP contribution in [-0.2, 0) is 0 Å². The summed E-state index contributed by atoms with van der Waals surface area (Å²) in [6, 6.07) is 9.88. The third-order valence-corrected chi connectivity index (χ3v) is 3.03. The van der Waals surface area contributed by atoms with Crippen LogP contribution in [0.4, 0.5) is 5.69 Å². The van der Waals surface area contributed by atoms with Crippen molar-refractivity contribution in [3.63, 3.8) is 0 Å². The summed E-state index contributed by atoms with van der Waals surface area (Å²) >= 11 is 0. The van der Waals surface area contributed by atoms with Gasteiger partial charge in [-0.15, -0.1) is 0 Å². The van der Waals surface area contributed by atoms with Crippen LogP contribution < -0.4 is 10.6 Å². The summed E-state index contributed by atoms with van der Waals surface area (Å²) in [5.41, 5.74) is 1.68. The highest BCUT2D eigenvalue weighted by Gasteiger charge is 2.12. The molecule has 0 saturated carbocycles. The van der Waals surface area contributed by atoms with Gasteiger partial charge < -0.3 is 10.6 Å². The van der Waals surface area contributed by atoms with E-state index in [-0.39, 0.29) is 0 Å². The van der Waals surface area contributed by atoms with E-state index in [1.807, 2.05) is 24.3 Å². The topological polar surface area (TPSA) is 47.9 Å². The van der Waals surface area contributed by atoms with Crippen molar-refractivity contribution >= 4 is 5.69 Å². The van der Waals surface area contributed by atoms with Crippen LogP contribution >= 0.6 is 0 Å². The molecule has 2 N–H and O–H groups in total. The molecule has 1 unspecified atom stereocenters. The van der Waals surface area contributed by atoms with Gasteiger partial charge in [-0.3, -0.25) is 0 Å². The Hall–Kier alpha value is -1.53. The number of nitrogens with zero attached hydrogens (tertiary/aromatic N) is 1.